The summed E-state index contributed by atoms with van der Waals surface area (Å²) in [5.41, 5.74) is 7.28. The van der Waals surface area contributed by atoms with Gasteiger partial charge in [0, 0.05) is 30.0 Å². The summed E-state index contributed by atoms with van der Waals surface area (Å²) in [6, 6.07) is 3.39. The second-order valence-corrected chi connectivity index (χ2v) is 8.59. The molecule has 0 fully saturated rings. The monoisotopic (exact) mass is 624 g/mol. The van der Waals surface area contributed by atoms with Gasteiger partial charge in [0.25, 0.3) is 0 Å². The lowest BCUT2D eigenvalue weighted by Gasteiger charge is -2.32. The Morgan fingerprint density at radius 2 is 1.48 bits per heavy atom. The van der Waals surface area contributed by atoms with E-state index in [9.17, 15) is 19.2 Å². The molecule has 0 spiro atoms. The summed E-state index contributed by atoms with van der Waals surface area (Å²) in [6.07, 6.45) is 1.12. The van der Waals surface area contributed by atoms with E-state index in [4.69, 9.17) is 49.1 Å². The normalized spacial score (nSPS) is 14.3. The molecular formula is C29H40N2O13. The van der Waals surface area contributed by atoms with Crippen molar-refractivity contribution in [1.82, 2.24) is 5.32 Å². The maximum absolute atomic E-state index is 13.3. The van der Waals surface area contributed by atoms with Gasteiger partial charge in [-0.3, -0.25) is 0 Å². The number of ether oxygens (including phenoxy) is 7. The Bertz CT molecular complexity index is 1240. The highest BCUT2D eigenvalue weighted by molar-refractivity contribution is 6.00. The number of nitrogens with one attached hydrogen (secondary N) is 1. The van der Waals surface area contributed by atoms with Crippen molar-refractivity contribution in [2.24, 2.45) is 5.73 Å². The van der Waals surface area contributed by atoms with E-state index in [-0.39, 0.29) is 31.0 Å². The Morgan fingerprint density at radius 1 is 0.864 bits per heavy atom. The first-order valence-corrected chi connectivity index (χ1v) is 13.3. The van der Waals surface area contributed by atoms with Gasteiger partial charge in [0.1, 0.15) is 0 Å². The zero-order chi connectivity index (χ0) is 33.2. The van der Waals surface area contributed by atoms with Gasteiger partial charge in [-0.1, -0.05) is 6.07 Å². The van der Waals surface area contributed by atoms with Gasteiger partial charge in [-0.05, 0) is 19.9 Å². The topological polar surface area (TPSA) is 211 Å². The molecule has 1 heterocycles. The van der Waals surface area contributed by atoms with Gasteiger partial charge in [0.2, 0.25) is 5.75 Å². The second kappa shape index (κ2) is 19.6. The lowest BCUT2D eigenvalue weighted by atomic mass is 9.79. The van der Waals surface area contributed by atoms with Crippen LogP contribution in [0.3, 0.4) is 0 Å². The third kappa shape index (κ3) is 10.6. The molecule has 15 nitrogen and oxygen atoms in total. The third-order valence-corrected chi connectivity index (χ3v) is 5.84. The minimum atomic E-state index is -1.26. The van der Waals surface area contributed by atoms with E-state index in [0.717, 1.165) is 0 Å². The van der Waals surface area contributed by atoms with Gasteiger partial charge in [-0.15, -0.1) is 0 Å². The van der Waals surface area contributed by atoms with Crippen LogP contribution in [0.2, 0.25) is 0 Å². The van der Waals surface area contributed by atoms with Gasteiger partial charge in [-0.2, -0.15) is 0 Å². The number of hydrogen-bond acceptors (Lipinski definition) is 13. The number of carbonyl (C=O) groups is 4. The van der Waals surface area contributed by atoms with Gasteiger partial charge in [-0.25, -0.2) is 19.2 Å². The summed E-state index contributed by atoms with van der Waals surface area (Å²) in [5, 5.41) is 18.8. The van der Waals surface area contributed by atoms with Crippen molar-refractivity contribution in [2.45, 2.75) is 19.8 Å². The van der Waals surface area contributed by atoms with Crippen molar-refractivity contribution in [3.8, 4) is 17.2 Å². The van der Waals surface area contributed by atoms with Crippen LogP contribution in [0, 0.1) is 0 Å². The zero-order valence-corrected chi connectivity index (χ0v) is 25.6. The van der Waals surface area contributed by atoms with E-state index >= 15 is 0 Å². The molecule has 244 valence electrons. The summed E-state index contributed by atoms with van der Waals surface area (Å²) in [6.45, 7) is 5.05. The summed E-state index contributed by atoms with van der Waals surface area (Å²) in [5.74, 6) is -3.60. The number of aliphatic carboxylic acids is 2. The van der Waals surface area contributed by atoms with Crippen molar-refractivity contribution >= 4 is 23.9 Å². The fourth-order valence-electron chi connectivity index (χ4n) is 4.12. The summed E-state index contributed by atoms with van der Waals surface area (Å²) in [4.78, 5) is 45.4. The van der Waals surface area contributed by atoms with Gasteiger partial charge < -0.3 is 54.4 Å². The number of nitrogens with two attached hydrogens (primary N) is 1. The quantitative estimate of drug-likeness (QED) is 0.116. The predicted molar refractivity (Wildman–Crippen MR) is 155 cm³/mol. The molecule has 0 bridgehead atoms. The minimum absolute atomic E-state index is 0.0397. The van der Waals surface area contributed by atoms with Gasteiger partial charge in [0.15, 0.2) is 11.5 Å². The molecule has 5 N–H and O–H groups in total. The number of dihydropyridines is 1. The molecule has 1 aromatic rings. The number of hydrogen-bond donors (Lipinski definition) is 4. The molecule has 1 atom stereocenters. The maximum Gasteiger partial charge on any atom is 0.336 e. The summed E-state index contributed by atoms with van der Waals surface area (Å²) in [7, 11) is 5.72. The first kappa shape index (κ1) is 37.4. The molecule has 0 amide bonds. The number of esters is 2. The highest BCUT2D eigenvalue weighted by Gasteiger charge is 2.41. The minimum Gasteiger partial charge on any atom is -0.493 e. The Balaban J connectivity index is 0.00000106. The van der Waals surface area contributed by atoms with E-state index in [1.54, 1.807) is 26.0 Å². The van der Waals surface area contributed by atoms with Gasteiger partial charge >= 0.3 is 23.9 Å². The lowest BCUT2D eigenvalue weighted by Crippen LogP contribution is -2.35. The number of allylic oxidation sites excluding steroid dienone is 1. The average Bonchev–Trinajstić information content (AvgIpc) is 3.00. The Labute approximate surface area is 255 Å². The predicted octanol–water partition coefficient (Wildman–Crippen LogP) is 1.37. The number of carboxylic acid groups (broad SMARTS) is 2. The Morgan fingerprint density at radius 3 is 1.98 bits per heavy atom. The van der Waals surface area contributed by atoms with Crippen LogP contribution in [0.25, 0.3) is 0 Å². The molecule has 1 aliphatic rings. The van der Waals surface area contributed by atoms with E-state index < -0.39 is 29.8 Å². The highest BCUT2D eigenvalue weighted by atomic mass is 16.5. The zero-order valence-electron chi connectivity index (χ0n) is 25.6. The van der Waals surface area contributed by atoms with Crippen molar-refractivity contribution in [1.29, 1.82) is 0 Å². The van der Waals surface area contributed by atoms with Crippen LogP contribution in [-0.4, -0.2) is 102 Å². The van der Waals surface area contributed by atoms with Crippen molar-refractivity contribution in [2.75, 3.05) is 68.0 Å². The van der Waals surface area contributed by atoms with Crippen molar-refractivity contribution < 1.29 is 62.5 Å². The van der Waals surface area contributed by atoms with Crippen molar-refractivity contribution in [3.05, 3.63) is 52.4 Å². The number of benzene rings is 1. The molecule has 2 rings (SSSR count). The SMILES string of the molecule is CCOC(=O)C1=C(COCCOCCN)NC(C)=C(C(=O)OC)[C@H]1c1ccc(OC)c(OC)c1OC.O=C(O)C=CC(=O)O. The lowest BCUT2D eigenvalue weighted by molar-refractivity contribution is -0.139. The summed E-state index contributed by atoms with van der Waals surface area (Å²) >= 11 is 0. The van der Waals surface area contributed by atoms with Crippen LogP contribution in [0.15, 0.2) is 46.8 Å². The number of carbonyl (C=O) groups excluding carboxylic acids is 2. The molecule has 0 radical (unpaired) electrons. The first-order valence-electron chi connectivity index (χ1n) is 13.3. The molecule has 0 aromatic heterocycles. The van der Waals surface area contributed by atoms with Crippen LogP contribution in [0.4, 0.5) is 0 Å². The first-order chi connectivity index (χ1) is 21.0. The van der Waals surface area contributed by atoms with Crippen LogP contribution < -0.4 is 25.3 Å². The molecule has 44 heavy (non-hydrogen) atoms. The Hall–Kier alpha value is -4.60. The molecular weight excluding hydrogens is 584 g/mol. The average molecular weight is 625 g/mol. The molecule has 0 saturated heterocycles. The number of carboxylic acids is 2. The molecule has 15 heteroatoms. The molecule has 0 saturated carbocycles. The maximum atomic E-state index is 13.3. The van der Waals surface area contributed by atoms with E-state index in [2.05, 4.69) is 5.32 Å². The molecule has 1 aliphatic heterocycles. The van der Waals surface area contributed by atoms with Crippen molar-refractivity contribution in [3.63, 3.8) is 0 Å². The van der Waals surface area contributed by atoms with E-state index in [1.807, 2.05) is 0 Å². The van der Waals surface area contributed by atoms with Crippen LogP contribution in [0.5, 0.6) is 17.2 Å². The fraction of sp³-hybridized carbons (Fsp3) is 0.448. The van der Waals surface area contributed by atoms with E-state index in [1.165, 1.54) is 28.4 Å². The number of methoxy groups -OCH3 is 4. The van der Waals surface area contributed by atoms with Gasteiger partial charge in [0.05, 0.1) is 84.2 Å². The van der Waals surface area contributed by atoms with E-state index in [0.29, 0.717) is 66.1 Å². The number of rotatable bonds is 16. The smallest absolute Gasteiger partial charge is 0.336 e. The second-order valence-electron chi connectivity index (χ2n) is 8.59. The third-order valence-electron chi connectivity index (χ3n) is 5.84. The molecule has 0 unspecified atom stereocenters. The summed E-state index contributed by atoms with van der Waals surface area (Å²) < 4.78 is 38.2. The highest BCUT2D eigenvalue weighted by Crippen LogP contribution is 2.48. The van der Waals surface area contributed by atoms with Crippen LogP contribution in [-0.2, 0) is 38.1 Å². The Kier molecular flexibility index (Phi) is 16.6. The molecule has 0 aliphatic carbocycles. The fourth-order valence-corrected chi connectivity index (χ4v) is 4.12. The van der Waals surface area contributed by atoms with Crippen LogP contribution >= 0.6 is 0 Å². The standard InChI is InChI=1S/C25H36N2O9.C4H4O4/c1-7-36-25(29)21-17(14-35-13-12-34-11-10-26)27-15(2)19(24(28)33-6)20(21)16-8-9-18(30-3)23(32-5)22(16)31-4;5-3(6)1-2-4(7)8/h8-9,20,27H,7,10-14,26H2,1-6H3;1-2H,(H,5,6)(H,7,8)/t20-;/m1./s1. The van der Waals surface area contributed by atoms with Crippen LogP contribution in [0.1, 0.15) is 25.3 Å². The largest absolute Gasteiger partial charge is 0.493 e. The molecule has 1 aromatic carbocycles.